The van der Waals surface area contributed by atoms with Gasteiger partial charge in [-0.05, 0) is 38.1 Å². The highest BCUT2D eigenvalue weighted by Gasteiger charge is 2.11. The monoisotopic (exact) mass is 315 g/mol. The number of nitrogens with one attached hydrogen (secondary N) is 1. The van der Waals surface area contributed by atoms with Gasteiger partial charge in [-0.25, -0.2) is 0 Å². The summed E-state index contributed by atoms with van der Waals surface area (Å²) in [5.41, 5.74) is 14.1. The Bertz CT molecular complexity index is 697. The van der Waals surface area contributed by atoms with Crippen LogP contribution in [0.1, 0.15) is 17.0 Å². The highest BCUT2D eigenvalue weighted by Crippen LogP contribution is 2.17. The molecule has 0 fully saturated rings. The summed E-state index contributed by atoms with van der Waals surface area (Å²) in [6, 6.07) is 5.80. The lowest BCUT2D eigenvalue weighted by Gasteiger charge is -2.16. The molecule has 0 radical (unpaired) electrons. The van der Waals surface area contributed by atoms with E-state index in [0.717, 1.165) is 16.8 Å². The Balaban J connectivity index is 1.95. The number of benzene rings is 1. The Morgan fingerprint density at radius 1 is 1.17 bits per heavy atom. The maximum absolute atomic E-state index is 12.2. The number of aromatic nitrogens is 3. The topological polar surface area (TPSA) is 123 Å². The van der Waals surface area contributed by atoms with E-state index < -0.39 is 0 Å². The maximum atomic E-state index is 12.2. The van der Waals surface area contributed by atoms with E-state index in [1.165, 1.54) is 0 Å². The molecule has 1 aromatic heterocycles. The molecular weight excluding hydrogens is 294 g/mol. The Morgan fingerprint density at radius 3 is 2.48 bits per heavy atom. The number of hydrogen-bond acceptors (Lipinski definition) is 7. The summed E-state index contributed by atoms with van der Waals surface area (Å²) in [6.07, 6.45) is 0. The van der Waals surface area contributed by atoms with E-state index in [1.54, 1.807) is 11.9 Å². The van der Waals surface area contributed by atoms with Crippen molar-refractivity contribution < 1.29 is 4.79 Å². The quantitative estimate of drug-likeness (QED) is 0.743. The number of anilines is 3. The normalized spacial score (nSPS) is 10.8. The molecule has 0 unspecified atom stereocenters. The predicted octanol–water partition coefficient (Wildman–Crippen LogP) is 0.723. The molecule has 1 amide bonds. The van der Waals surface area contributed by atoms with Crippen molar-refractivity contribution in [1.82, 2.24) is 19.9 Å². The summed E-state index contributed by atoms with van der Waals surface area (Å²) >= 11 is 0. The van der Waals surface area contributed by atoms with Crippen LogP contribution in [0.3, 0.4) is 0 Å². The van der Waals surface area contributed by atoms with Crippen LogP contribution in [0.4, 0.5) is 17.6 Å². The molecule has 0 saturated heterocycles. The van der Waals surface area contributed by atoms with Crippen molar-refractivity contribution in [1.29, 1.82) is 0 Å². The Hall–Kier alpha value is -2.74. The smallest absolute Gasteiger partial charge is 0.238 e. The summed E-state index contributed by atoms with van der Waals surface area (Å²) in [5, 5.41) is 2.91. The van der Waals surface area contributed by atoms with Crippen molar-refractivity contribution in [2.45, 2.75) is 20.4 Å². The molecule has 0 atom stereocenters. The molecule has 2 rings (SSSR count). The second kappa shape index (κ2) is 7.01. The van der Waals surface area contributed by atoms with Crippen LogP contribution in [0.15, 0.2) is 18.2 Å². The van der Waals surface area contributed by atoms with Gasteiger partial charge >= 0.3 is 0 Å². The van der Waals surface area contributed by atoms with E-state index in [0.29, 0.717) is 12.4 Å². The molecule has 0 aliphatic heterocycles. The number of nitrogens with two attached hydrogens (primary N) is 2. The van der Waals surface area contributed by atoms with E-state index in [1.807, 2.05) is 32.0 Å². The number of carbonyl (C=O) groups excluding carboxylic acids is 1. The Kier molecular flexibility index (Phi) is 5.07. The van der Waals surface area contributed by atoms with Crippen LogP contribution in [-0.4, -0.2) is 39.4 Å². The summed E-state index contributed by atoms with van der Waals surface area (Å²) in [6.45, 7) is 4.52. The zero-order chi connectivity index (χ0) is 17.0. The van der Waals surface area contributed by atoms with Crippen molar-refractivity contribution >= 4 is 23.5 Å². The van der Waals surface area contributed by atoms with Gasteiger partial charge in [-0.1, -0.05) is 12.1 Å². The third-order valence-electron chi connectivity index (χ3n) is 3.42. The van der Waals surface area contributed by atoms with E-state index in [9.17, 15) is 4.79 Å². The van der Waals surface area contributed by atoms with E-state index in [2.05, 4.69) is 20.3 Å². The number of aryl methyl sites for hydroxylation is 1. The van der Waals surface area contributed by atoms with Crippen molar-refractivity contribution in [3.05, 3.63) is 35.2 Å². The van der Waals surface area contributed by atoms with Gasteiger partial charge in [-0.3, -0.25) is 9.69 Å². The first-order valence-corrected chi connectivity index (χ1v) is 7.15. The van der Waals surface area contributed by atoms with Gasteiger partial charge in [0.1, 0.15) is 5.82 Å². The van der Waals surface area contributed by atoms with E-state index in [4.69, 9.17) is 11.5 Å². The minimum atomic E-state index is -0.115. The lowest BCUT2D eigenvalue weighted by Crippen LogP contribution is -2.30. The molecule has 122 valence electrons. The second-order valence-corrected chi connectivity index (χ2v) is 5.44. The standard InChI is InChI=1S/C15H21N7O/c1-9-5-4-6-11(10(9)2)18-13(23)8-22(3)7-12-19-14(16)21-15(17)20-12/h4-6H,7-8H2,1-3H3,(H,18,23)(H4,16,17,19,20,21). The number of rotatable bonds is 5. The number of amides is 1. The van der Waals surface area contributed by atoms with Crippen LogP contribution in [0.5, 0.6) is 0 Å². The third-order valence-corrected chi connectivity index (χ3v) is 3.42. The van der Waals surface area contributed by atoms with Gasteiger partial charge in [0.2, 0.25) is 17.8 Å². The average molecular weight is 315 g/mol. The zero-order valence-corrected chi connectivity index (χ0v) is 13.5. The van der Waals surface area contributed by atoms with Crippen molar-refractivity contribution in [2.24, 2.45) is 0 Å². The molecule has 23 heavy (non-hydrogen) atoms. The number of nitrogen functional groups attached to an aromatic ring is 2. The summed E-state index contributed by atoms with van der Waals surface area (Å²) < 4.78 is 0. The largest absolute Gasteiger partial charge is 0.368 e. The third kappa shape index (κ3) is 4.62. The molecule has 8 heteroatoms. The lowest BCUT2D eigenvalue weighted by molar-refractivity contribution is -0.117. The number of hydrogen-bond donors (Lipinski definition) is 3. The molecule has 0 aliphatic rings. The number of nitrogens with zero attached hydrogens (tertiary/aromatic N) is 4. The molecule has 0 spiro atoms. The first-order chi connectivity index (χ1) is 10.8. The molecule has 1 aromatic carbocycles. The molecule has 1 heterocycles. The first kappa shape index (κ1) is 16.6. The predicted molar refractivity (Wildman–Crippen MR) is 89.5 cm³/mol. The van der Waals surface area contributed by atoms with E-state index >= 15 is 0 Å². The van der Waals surface area contributed by atoms with Gasteiger partial charge in [-0.15, -0.1) is 0 Å². The van der Waals surface area contributed by atoms with Gasteiger partial charge in [0.15, 0.2) is 0 Å². The van der Waals surface area contributed by atoms with Gasteiger partial charge in [0, 0.05) is 5.69 Å². The average Bonchev–Trinajstić information content (AvgIpc) is 2.42. The SMILES string of the molecule is Cc1cccc(NC(=O)CN(C)Cc2nc(N)nc(N)n2)c1C. The fourth-order valence-corrected chi connectivity index (χ4v) is 2.15. The summed E-state index contributed by atoms with van der Waals surface area (Å²) in [4.78, 5) is 25.6. The molecule has 0 bridgehead atoms. The molecule has 2 aromatic rings. The summed E-state index contributed by atoms with van der Waals surface area (Å²) in [7, 11) is 1.79. The van der Waals surface area contributed by atoms with Crippen LogP contribution in [-0.2, 0) is 11.3 Å². The molecule has 8 nitrogen and oxygen atoms in total. The molecular formula is C15H21N7O. The fraction of sp³-hybridized carbons (Fsp3) is 0.333. The molecule has 0 saturated carbocycles. The van der Waals surface area contributed by atoms with Gasteiger partial charge in [-0.2, -0.15) is 15.0 Å². The number of likely N-dealkylation sites (N-methyl/N-ethyl adjacent to an activating group) is 1. The Labute approximate surface area is 134 Å². The second-order valence-electron chi connectivity index (χ2n) is 5.44. The van der Waals surface area contributed by atoms with Crippen LogP contribution >= 0.6 is 0 Å². The van der Waals surface area contributed by atoms with Crippen molar-refractivity contribution in [3.8, 4) is 0 Å². The number of carbonyl (C=O) groups is 1. The van der Waals surface area contributed by atoms with Crippen LogP contribution in [0, 0.1) is 13.8 Å². The lowest BCUT2D eigenvalue weighted by atomic mass is 10.1. The van der Waals surface area contributed by atoms with Gasteiger partial charge in [0.05, 0.1) is 13.1 Å². The first-order valence-electron chi connectivity index (χ1n) is 7.15. The zero-order valence-electron chi connectivity index (χ0n) is 13.5. The maximum Gasteiger partial charge on any atom is 0.238 e. The highest BCUT2D eigenvalue weighted by molar-refractivity contribution is 5.93. The molecule has 5 N–H and O–H groups in total. The van der Waals surface area contributed by atoms with Gasteiger partial charge in [0.25, 0.3) is 0 Å². The van der Waals surface area contributed by atoms with Crippen LogP contribution in [0.2, 0.25) is 0 Å². The summed E-state index contributed by atoms with van der Waals surface area (Å²) in [5.74, 6) is 0.453. The van der Waals surface area contributed by atoms with Crippen LogP contribution < -0.4 is 16.8 Å². The molecule has 0 aliphatic carbocycles. The highest BCUT2D eigenvalue weighted by atomic mass is 16.2. The Morgan fingerprint density at radius 2 is 1.83 bits per heavy atom. The van der Waals surface area contributed by atoms with Crippen molar-refractivity contribution in [2.75, 3.05) is 30.4 Å². The minimum absolute atomic E-state index is 0.0701. The fourth-order valence-electron chi connectivity index (χ4n) is 2.15. The minimum Gasteiger partial charge on any atom is -0.368 e. The van der Waals surface area contributed by atoms with Gasteiger partial charge < -0.3 is 16.8 Å². The van der Waals surface area contributed by atoms with E-state index in [-0.39, 0.29) is 24.3 Å². The van der Waals surface area contributed by atoms with Crippen molar-refractivity contribution in [3.63, 3.8) is 0 Å². The van der Waals surface area contributed by atoms with Crippen LogP contribution in [0.25, 0.3) is 0 Å².